The first-order valence-electron chi connectivity index (χ1n) is 2.82. The van der Waals surface area contributed by atoms with Gasteiger partial charge in [-0.3, -0.25) is 0 Å². The standard InChI is InChI=1S/C5H7BrN4S/c1-2-3(6)11-5(9-2)10-4(7)8/h1H3,(H4,7,8,9,10). The molecular formula is C5H7BrN4S. The van der Waals surface area contributed by atoms with Crippen LogP contribution in [0.1, 0.15) is 5.69 Å². The van der Waals surface area contributed by atoms with Crippen molar-refractivity contribution >= 4 is 38.4 Å². The maximum Gasteiger partial charge on any atom is 0.213 e. The molecule has 0 unspecified atom stereocenters. The first-order chi connectivity index (χ1) is 5.09. The molecule has 6 heteroatoms. The van der Waals surface area contributed by atoms with Gasteiger partial charge in [-0.2, -0.15) is 4.99 Å². The van der Waals surface area contributed by atoms with Gasteiger partial charge in [0.15, 0.2) is 5.96 Å². The molecule has 0 aliphatic rings. The summed E-state index contributed by atoms with van der Waals surface area (Å²) in [5, 5.41) is 0.578. The molecule has 4 N–H and O–H groups in total. The third-order valence-electron chi connectivity index (χ3n) is 0.953. The Morgan fingerprint density at radius 3 is 2.64 bits per heavy atom. The van der Waals surface area contributed by atoms with Crippen LogP contribution in [0.5, 0.6) is 0 Å². The molecule has 11 heavy (non-hydrogen) atoms. The second-order valence-corrected chi connectivity index (χ2v) is 4.19. The normalized spacial score (nSPS) is 9.64. The number of halogens is 1. The summed E-state index contributed by atoms with van der Waals surface area (Å²) in [7, 11) is 0. The van der Waals surface area contributed by atoms with Crippen molar-refractivity contribution < 1.29 is 0 Å². The molecule has 0 aromatic carbocycles. The minimum atomic E-state index is 0.0336. The fraction of sp³-hybridized carbons (Fsp3) is 0.200. The molecule has 0 saturated carbocycles. The molecule has 0 bridgehead atoms. The Hall–Kier alpha value is -0.620. The summed E-state index contributed by atoms with van der Waals surface area (Å²) in [5.41, 5.74) is 11.2. The molecule has 4 nitrogen and oxygen atoms in total. The Balaban J connectivity index is 2.98. The third-order valence-corrected chi connectivity index (χ3v) is 2.85. The van der Waals surface area contributed by atoms with Gasteiger partial charge in [-0.15, -0.1) is 0 Å². The molecule has 1 rings (SSSR count). The first kappa shape index (κ1) is 8.48. The quantitative estimate of drug-likeness (QED) is 0.565. The van der Waals surface area contributed by atoms with Crippen molar-refractivity contribution in [3.05, 3.63) is 9.48 Å². The van der Waals surface area contributed by atoms with Gasteiger partial charge in [-0.25, -0.2) is 4.98 Å². The van der Waals surface area contributed by atoms with Gasteiger partial charge in [0.25, 0.3) is 0 Å². The summed E-state index contributed by atoms with van der Waals surface area (Å²) >= 11 is 4.71. The van der Waals surface area contributed by atoms with E-state index < -0.39 is 0 Å². The molecule has 0 spiro atoms. The zero-order valence-corrected chi connectivity index (χ0v) is 8.24. The van der Waals surface area contributed by atoms with E-state index in [2.05, 4.69) is 25.9 Å². The Kier molecular flexibility index (Phi) is 2.45. The fourth-order valence-corrected chi connectivity index (χ4v) is 1.73. The van der Waals surface area contributed by atoms with E-state index in [1.807, 2.05) is 6.92 Å². The second-order valence-electron chi connectivity index (χ2n) is 1.89. The van der Waals surface area contributed by atoms with Gasteiger partial charge < -0.3 is 11.5 Å². The van der Waals surface area contributed by atoms with Crippen LogP contribution in [-0.2, 0) is 0 Å². The lowest BCUT2D eigenvalue weighted by Gasteiger charge is -1.84. The smallest absolute Gasteiger partial charge is 0.213 e. The van der Waals surface area contributed by atoms with E-state index in [1.54, 1.807) is 0 Å². The van der Waals surface area contributed by atoms with Crippen LogP contribution in [0, 0.1) is 6.92 Å². The average molecular weight is 235 g/mol. The topological polar surface area (TPSA) is 77.3 Å². The maximum atomic E-state index is 5.16. The van der Waals surface area contributed by atoms with E-state index in [1.165, 1.54) is 11.3 Å². The van der Waals surface area contributed by atoms with Gasteiger partial charge in [0.1, 0.15) is 0 Å². The molecule has 1 aromatic heterocycles. The molecule has 0 radical (unpaired) electrons. The Morgan fingerprint density at radius 1 is 1.64 bits per heavy atom. The van der Waals surface area contributed by atoms with Crippen LogP contribution >= 0.6 is 27.3 Å². The van der Waals surface area contributed by atoms with E-state index in [4.69, 9.17) is 11.5 Å². The van der Waals surface area contributed by atoms with Crippen LogP contribution in [0.2, 0.25) is 0 Å². The highest BCUT2D eigenvalue weighted by molar-refractivity contribution is 9.11. The number of aryl methyl sites for hydroxylation is 1. The number of hydrogen-bond donors (Lipinski definition) is 2. The minimum Gasteiger partial charge on any atom is -0.370 e. The molecule has 0 aliphatic carbocycles. The monoisotopic (exact) mass is 234 g/mol. The Bertz CT molecular complexity index is 269. The number of nitrogens with two attached hydrogens (primary N) is 2. The first-order valence-corrected chi connectivity index (χ1v) is 4.43. The highest BCUT2D eigenvalue weighted by Crippen LogP contribution is 2.29. The number of thiazole rings is 1. The molecule has 0 fully saturated rings. The van der Waals surface area contributed by atoms with Crippen LogP contribution in [0.15, 0.2) is 8.78 Å². The van der Waals surface area contributed by atoms with Crippen molar-refractivity contribution in [2.75, 3.05) is 0 Å². The predicted octanol–water partition coefficient (Wildman–Crippen LogP) is 1.12. The van der Waals surface area contributed by atoms with Gasteiger partial charge in [0.2, 0.25) is 5.13 Å². The van der Waals surface area contributed by atoms with Crippen LogP contribution in [0.3, 0.4) is 0 Å². The van der Waals surface area contributed by atoms with E-state index >= 15 is 0 Å². The number of aliphatic imine (C=N–C) groups is 1. The van der Waals surface area contributed by atoms with E-state index in [0.29, 0.717) is 5.13 Å². The van der Waals surface area contributed by atoms with Gasteiger partial charge in [0, 0.05) is 0 Å². The lowest BCUT2D eigenvalue weighted by Crippen LogP contribution is -2.21. The van der Waals surface area contributed by atoms with Crippen molar-refractivity contribution in [2.45, 2.75) is 6.92 Å². The predicted molar refractivity (Wildman–Crippen MR) is 50.0 cm³/mol. The summed E-state index contributed by atoms with van der Waals surface area (Å²) in [4.78, 5) is 7.87. The third kappa shape index (κ3) is 2.16. The zero-order valence-electron chi connectivity index (χ0n) is 5.84. The fourth-order valence-electron chi connectivity index (χ4n) is 0.522. The highest BCUT2D eigenvalue weighted by Gasteiger charge is 2.02. The Morgan fingerprint density at radius 2 is 2.27 bits per heavy atom. The molecule has 0 amide bonds. The molecule has 0 aliphatic heterocycles. The molecular weight excluding hydrogens is 228 g/mol. The summed E-state index contributed by atoms with van der Waals surface area (Å²) in [6.45, 7) is 1.88. The van der Waals surface area contributed by atoms with Gasteiger partial charge >= 0.3 is 0 Å². The van der Waals surface area contributed by atoms with Crippen LogP contribution in [0.4, 0.5) is 5.13 Å². The van der Waals surface area contributed by atoms with Gasteiger partial charge in [-0.1, -0.05) is 11.3 Å². The van der Waals surface area contributed by atoms with Crippen molar-refractivity contribution in [3.8, 4) is 0 Å². The van der Waals surface area contributed by atoms with Gasteiger partial charge in [0.05, 0.1) is 9.48 Å². The Labute approximate surface area is 76.5 Å². The van der Waals surface area contributed by atoms with Crippen molar-refractivity contribution in [1.29, 1.82) is 0 Å². The lowest BCUT2D eigenvalue weighted by molar-refractivity contribution is 1.23. The van der Waals surface area contributed by atoms with Gasteiger partial charge in [-0.05, 0) is 22.9 Å². The minimum absolute atomic E-state index is 0.0336. The van der Waals surface area contributed by atoms with Crippen molar-refractivity contribution in [1.82, 2.24) is 4.98 Å². The molecule has 60 valence electrons. The molecule has 1 aromatic rings. The number of rotatable bonds is 1. The van der Waals surface area contributed by atoms with E-state index in [9.17, 15) is 0 Å². The number of aromatic nitrogens is 1. The van der Waals surface area contributed by atoms with E-state index in [0.717, 1.165) is 9.48 Å². The lowest BCUT2D eigenvalue weighted by atomic mass is 10.6. The number of nitrogens with zero attached hydrogens (tertiary/aromatic N) is 2. The molecule has 1 heterocycles. The summed E-state index contributed by atoms with van der Waals surface area (Å²) in [5.74, 6) is 0.0336. The maximum absolute atomic E-state index is 5.16. The summed E-state index contributed by atoms with van der Waals surface area (Å²) in [6, 6.07) is 0. The zero-order chi connectivity index (χ0) is 8.43. The molecule has 0 atom stereocenters. The van der Waals surface area contributed by atoms with Crippen molar-refractivity contribution in [2.24, 2.45) is 16.5 Å². The summed E-state index contributed by atoms with van der Waals surface area (Å²) in [6.07, 6.45) is 0. The average Bonchev–Trinajstić information content (AvgIpc) is 2.10. The number of guanidine groups is 1. The van der Waals surface area contributed by atoms with E-state index in [-0.39, 0.29) is 5.96 Å². The number of hydrogen-bond acceptors (Lipinski definition) is 3. The largest absolute Gasteiger partial charge is 0.370 e. The summed E-state index contributed by atoms with van der Waals surface area (Å²) < 4.78 is 0.956. The van der Waals surface area contributed by atoms with Crippen LogP contribution in [0.25, 0.3) is 0 Å². The van der Waals surface area contributed by atoms with Crippen LogP contribution in [-0.4, -0.2) is 10.9 Å². The second kappa shape index (κ2) is 3.19. The highest BCUT2D eigenvalue weighted by atomic mass is 79.9. The SMILES string of the molecule is Cc1nc(N=C(N)N)sc1Br. The van der Waals surface area contributed by atoms with Crippen molar-refractivity contribution in [3.63, 3.8) is 0 Å². The van der Waals surface area contributed by atoms with Crippen LogP contribution < -0.4 is 11.5 Å². The molecule has 0 saturated heterocycles.